The summed E-state index contributed by atoms with van der Waals surface area (Å²) in [5, 5.41) is 9.72. The van der Waals surface area contributed by atoms with Crippen molar-refractivity contribution in [1.29, 1.82) is 5.26 Å². The van der Waals surface area contributed by atoms with Crippen LogP contribution in [-0.4, -0.2) is 9.55 Å². The van der Waals surface area contributed by atoms with Gasteiger partial charge >= 0.3 is 0 Å². The lowest BCUT2D eigenvalue weighted by Gasteiger charge is -2.05. The fourth-order valence-electron chi connectivity index (χ4n) is 2.15. The first-order valence-electron chi connectivity index (χ1n) is 6.04. The molecule has 3 aromatic rings. The van der Waals surface area contributed by atoms with E-state index >= 15 is 0 Å². The summed E-state index contributed by atoms with van der Waals surface area (Å²) < 4.78 is 2.62. The summed E-state index contributed by atoms with van der Waals surface area (Å²) in [6.07, 6.45) is 0. The van der Waals surface area contributed by atoms with Crippen LogP contribution in [0, 0.1) is 16.1 Å². The third-order valence-corrected chi connectivity index (χ3v) is 3.73. The summed E-state index contributed by atoms with van der Waals surface area (Å²) in [5.41, 5.74) is 3.59. The smallest absolute Gasteiger partial charge is 0.178 e. The van der Waals surface area contributed by atoms with Crippen LogP contribution in [0.3, 0.4) is 0 Å². The van der Waals surface area contributed by atoms with E-state index < -0.39 is 0 Å². The molecule has 3 nitrogen and oxygen atoms in total. The lowest BCUT2D eigenvalue weighted by atomic mass is 10.2. The highest BCUT2D eigenvalue weighted by Gasteiger charge is 2.06. The second kappa shape index (κ2) is 5.12. The predicted molar refractivity (Wildman–Crippen MR) is 82.4 cm³/mol. The van der Waals surface area contributed by atoms with Crippen molar-refractivity contribution in [3.8, 4) is 6.07 Å². The maximum absolute atomic E-state index is 9.00. The van der Waals surface area contributed by atoms with Crippen molar-refractivity contribution in [3.05, 3.63) is 63.4 Å². The monoisotopic (exact) mass is 299 g/mol. The highest BCUT2D eigenvalue weighted by Crippen LogP contribution is 2.18. The Bertz CT molecular complexity index is 869. The maximum atomic E-state index is 9.00. The Morgan fingerprint density at radius 1 is 1.20 bits per heavy atom. The number of hydrogen-bond acceptors (Lipinski definition) is 2. The number of halogens is 1. The van der Waals surface area contributed by atoms with Gasteiger partial charge in [0.1, 0.15) is 0 Å². The van der Waals surface area contributed by atoms with Crippen LogP contribution >= 0.6 is 23.8 Å². The predicted octanol–water partition coefficient (Wildman–Crippen LogP) is 4.27. The van der Waals surface area contributed by atoms with Crippen LogP contribution in [0.2, 0.25) is 5.02 Å². The molecule has 98 valence electrons. The molecule has 0 aliphatic rings. The number of aromatic nitrogens is 2. The summed E-state index contributed by atoms with van der Waals surface area (Å²) in [7, 11) is 0. The van der Waals surface area contributed by atoms with E-state index in [2.05, 4.69) is 11.1 Å². The summed E-state index contributed by atoms with van der Waals surface area (Å²) in [6.45, 7) is 0.644. The Morgan fingerprint density at radius 2 is 1.95 bits per heavy atom. The standard InChI is InChI=1S/C15H10ClN3S/c16-12-4-1-10(2-5-12)9-19-14-7-11(8-17)3-6-13(14)18-15(19)20/h1-7H,9H2,(H,18,20). The summed E-state index contributed by atoms with van der Waals surface area (Å²) in [4.78, 5) is 3.15. The van der Waals surface area contributed by atoms with Gasteiger partial charge < -0.3 is 9.55 Å². The van der Waals surface area contributed by atoms with Gasteiger partial charge in [0.2, 0.25) is 0 Å². The van der Waals surface area contributed by atoms with Crippen LogP contribution in [0.1, 0.15) is 11.1 Å². The molecular formula is C15H10ClN3S. The zero-order chi connectivity index (χ0) is 14.1. The first-order chi connectivity index (χ1) is 9.67. The number of imidazole rings is 1. The summed E-state index contributed by atoms with van der Waals surface area (Å²) >= 11 is 11.2. The van der Waals surface area contributed by atoms with Crippen LogP contribution in [0.5, 0.6) is 0 Å². The number of hydrogen-bond donors (Lipinski definition) is 1. The summed E-state index contributed by atoms with van der Waals surface area (Å²) in [5.74, 6) is 0. The number of nitrogens with zero attached hydrogens (tertiary/aromatic N) is 2. The van der Waals surface area contributed by atoms with E-state index in [1.807, 2.05) is 41.0 Å². The Labute approximate surface area is 126 Å². The highest BCUT2D eigenvalue weighted by atomic mass is 35.5. The average molecular weight is 300 g/mol. The van der Waals surface area contributed by atoms with Gasteiger partial charge in [0, 0.05) is 5.02 Å². The van der Waals surface area contributed by atoms with Gasteiger partial charge in [-0.1, -0.05) is 23.7 Å². The molecular weight excluding hydrogens is 290 g/mol. The minimum absolute atomic E-state index is 0.622. The SMILES string of the molecule is N#Cc1ccc2[nH]c(=S)n(Cc3ccc(Cl)cc3)c2c1. The Balaban J connectivity index is 2.11. The molecule has 0 aliphatic carbocycles. The molecule has 3 rings (SSSR count). The molecule has 1 aromatic heterocycles. The lowest BCUT2D eigenvalue weighted by Crippen LogP contribution is -1.99. The highest BCUT2D eigenvalue weighted by molar-refractivity contribution is 7.71. The topological polar surface area (TPSA) is 44.5 Å². The second-order valence-electron chi connectivity index (χ2n) is 4.49. The number of nitriles is 1. The number of rotatable bonds is 2. The van der Waals surface area contributed by atoms with Crippen LogP contribution < -0.4 is 0 Å². The Kier molecular flexibility index (Phi) is 3.31. The lowest BCUT2D eigenvalue weighted by molar-refractivity contribution is 0.810. The van der Waals surface area contributed by atoms with Crippen molar-refractivity contribution >= 4 is 34.9 Å². The number of aromatic amines is 1. The Hall–Kier alpha value is -2.09. The molecule has 0 saturated carbocycles. The van der Waals surface area contributed by atoms with Gasteiger partial charge in [0.05, 0.1) is 29.2 Å². The van der Waals surface area contributed by atoms with Gasteiger partial charge in [-0.15, -0.1) is 0 Å². The molecule has 0 saturated heterocycles. The van der Waals surface area contributed by atoms with Crippen molar-refractivity contribution in [2.45, 2.75) is 6.54 Å². The second-order valence-corrected chi connectivity index (χ2v) is 5.31. The van der Waals surface area contributed by atoms with Crippen molar-refractivity contribution < 1.29 is 0 Å². The van der Waals surface area contributed by atoms with E-state index in [9.17, 15) is 0 Å². The number of H-pyrrole nitrogens is 1. The normalized spacial score (nSPS) is 10.6. The third kappa shape index (κ3) is 2.34. The van der Waals surface area contributed by atoms with Crippen molar-refractivity contribution in [2.75, 3.05) is 0 Å². The maximum Gasteiger partial charge on any atom is 0.178 e. The molecule has 0 fully saturated rings. The Morgan fingerprint density at radius 3 is 2.65 bits per heavy atom. The van der Waals surface area contributed by atoms with Gasteiger partial charge in [-0.05, 0) is 48.1 Å². The van der Waals surface area contributed by atoms with E-state index in [0.717, 1.165) is 16.6 Å². The van der Waals surface area contributed by atoms with Crippen LogP contribution in [0.15, 0.2) is 42.5 Å². The largest absolute Gasteiger partial charge is 0.331 e. The van der Waals surface area contributed by atoms with Gasteiger partial charge in [-0.2, -0.15) is 5.26 Å². The molecule has 0 amide bonds. The van der Waals surface area contributed by atoms with E-state index in [0.29, 0.717) is 21.9 Å². The molecule has 20 heavy (non-hydrogen) atoms. The number of nitrogens with one attached hydrogen (secondary N) is 1. The molecule has 5 heteroatoms. The molecule has 0 atom stereocenters. The van der Waals surface area contributed by atoms with Gasteiger partial charge in [-0.25, -0.2) is 0 Å². The molecule has 0 radical (unpaired) electrons. The van der Waals surface area contributed by atoms with Crippen LogP contribution in [0.4, 0.5) is 0 Å². The number of fused-ring (bicyclic) bond motifs is 1. The van der Waals surface area contributed by atoms with Crippen LogP contribution in [-0.2, 0) is 6.54 Å². The fourth-order valence-corrected chi connectivity index (χ4v) is 2.55. The van der Waals surface area contributed by atoms with E-state index in [1.54, 1.807) is 6.07 Å². The van der Waals surface area contributed by atoms with Gasteiger partial charge in [-0.3, -0.25) is 0 Å². The van der Waals surface area contributed by atoms with Crippen molar-refractivity contribution in [3.63, 3.8) is 0 Å². The first kappa shape index (κ1) is 12.9. The van der Waals surface area contributed by atoms with Crippen LogP contribution in [0.25, 0.3) is 11.0 Å². The van der Waals surface area contributed by atoms with Gasteiger partial charge in [0.25, 0.3) is 0 Å². The molecule has 0 spiro atoms. The zero-order valence-corrected chi connectivity index (χ0v) is 12.0. The summed E-state index contributed by atoms with van der Waals surface area (Å²) in [6, 6.07) is 15.3. The van der Waals surface area contributed by atoms with E-state index in [4.69, 9.17) is 29.1 Å². The molecule has 1 heterocycles. The van der Waals surface area contributed by atoms with E-state index in [1.165, 1.54) is 0 Å². The minimum atomic E-state index is 0.622. The fraction of sp³-hybridized carbons (Fsp3) is 0.0667. The molecule has 0 unspecified atom stereocenters. The number of benzene rings is 2. The molecule has 2 aromatic carbocycles. The molecule has 0 bridgehead atoms. The quantitative estimate of drug-likeness (QED) is 0.718. The van der Waals surface area contributed by atoms with E-state index in [-0.39, 0.29) is 0 Å². The molecule has 0 aliphatic heterocycles. The zero-order valence-electron chi connectivity index (χ0n) is 10.4. The average Bonchev–Trinajstić information content (AvgIpc) is 2.77. The minimum Gasteiger partial charge on any atom is -0.331 e. The third-order valence-electron chi connectivity index (χ3n) is 3.16. The van der Waals surface area contributed by atoms with Crippen molar-refractivity contribution in [1.82, 2.24) is 9.55 Å². The first-order valence-corrected chi connectivity index (χ1v) is 6.83. The molecule has 1 N–H and O–H groups in total. The van der Waals surface area contributed by atoms with Gasteiger partial charge in [0.15, 0.2) is 4.77 Å². The van der Waals surface area contributed by atoms with Crippen molar-refractivity contribution in [2.24, 2.45) is 0 Å².